The van der Waals surface area contributed by atoms with Crippen molar-refractivity contribution < 1.29 is 24.5 Å². The molecular formula is C14H22N8O5. The molecule has 0 bridgehead atoms. The van der Waals surface area contributed by atoms with E-state index in [1.54, 1.807) is 0 Å². The number of carbonyl (C=O) groups excluding carboxylic acids is 1. The number of nitrogens with one attached hydrogen (secondary N) is 1. The minimum atomic E-state index is -1.18. The molecule has 1 aliphatic rings. The van der Waals surface area contributed by atoms with E-state index < -0.39 is 37.1 Å². The Balaban J connectivity index is 1.86. The van der Waals surface area contributed by atoms with Crippen LogP contribution >= 0.6 is 0 Å². The molecule has 2 aromatic heterocycles. The lowest BCUT2D eigenvalue weighted by atomic mass is 10.1. The molecule has 1 amide bonds. The topological polar surface area (TPSA) is 210 Å². The summed E-state index contributed by atoms with van der Waals surface area (Å²) in [6.07, 6.45) is -2.60. The number of aromatic nitrogens is 4. The van der Waals surface area contributed by atoms with Gasteiger partial charge in [0.15, 0.2) is 17.7 Å². The number of nitrogens with two attached hydrogens (primary N) is 3. The van der Waals surface area contributed by atoms with Gasteiger partial charge in [-0.25, -0.2) is 4.98 Å². The third-order valence-electron chi connectivity index (χ3n) is 4.11. The Morgan fingerprint density at radius 1 is 1.41 bits per heavy atom. The van der Waals surface area contributed by atoms with Gasteiger partial charge in [-0.05, 0) is 0 Å². The van der Waals surface area contributed by atoms with Crippen molar-refractivity contribution in [3.63, 3.8) is 0 Å². The molecule has 1 fully saturated rings. The monoisotopic (exact) mass is 382 g/mol. The number of nitrogens with zero attached hydrogens (tertiary/aromatic N) is 4. The Bertz CT molecular complexity index is 814. The van der Waals surface area contributed by atoms with Crippen LogP contribution in [0.2, 0.25) is 0 Å². The van der Waals surface area contributed by atoms with Gasteiger partial charge < -0.3 is 42.2 Å². The largest absolute Gasteiger partial charge is 0.394 e. The predicted octanol–water partition coefficient (Wildman–Crippen LogP) is -3.30. The van der Waals surface area contributed by atoms with E-state index in [-0.39, 0.29) is 24.0 Å². The summed E-state index contributed by atoms with van der Waals surface area (Å²) in [7, 11) is 0. The maximum absolute atomic E-state index is 11.8. The standard InChI is InChI=1S/C14H22N8O5/c15-1-2-18-7(24)4-26-10-9(25)6(3-23)27-13(10)22-5-19-8-11(16)20-14(17)21-12(8)22/h5-6,9-10,13,23,25H,1-4,15H2,(H,18,24)(H4,16,17,20,21)/t6-,9+,10?,13-/m1/s1. The lowest BCUT2D eigenvalue weighted by Crippen LogP contribution is -2.39. The summed E-state index contributed by atoms with van der Waals surface area (Å²) in [6.45, 7) is -0.176. The highest BCUT2D eigenvalue weighted by Gasteiger charge is 2.46. The maximum Gasteiger partial charge on any atom is 0.246 e. The Morgan fingerprint density at radius 3 is 2.89 bits per heavy atom. The van der Waals surface area contributed by atoms with Gasteiger partial charge in [0, 0.05) is 13.1 Å². The molecule has 148 valence electrons. The summed E-state index contributed by atoms with van der Waals surface area (Å²) >= 11 is 0. The highest BCUT2D eigenvalue weighted by atomic mass is 16.6. The predicted molar refractivity (Wildman–Crippen MR) is 93.0 cm³/mol. The summed E-state index contributed by atoms with van der Waals surface area (Å²) < 4.78 is 12.7. The van der Waals surface area contributed by atoms with E-state index in [9.17, 15) is 15.0 Å². The van der Waals surface area contributed by atoms with Crippen LogP contribution in [0.15, 0.2) is 6.33 Å². The molecule has 0 aliphatic carbocycles. The molecule has 3 heterocycles. The molecule has 1 unspecified atom stereocenters. The van der Waals surface area contributed by atoms with Crippen molar-refractivity contribution >= 4 is 28.8 Å². The first-order chi connectivity index (χ1) is 13.0. The van der Waals surface area contributed by atoms with Gasteiger partial charge in [-0.3, -0.25) is 9.36 Å². The molecule has 2 aromatic rings. The highest BCUT2D eigenvalue weighted by Crippen LogP contribution is 2.34. The molecule has 4 atom stereocenters. The molecule has 27 heavy (non-hydrogen) atoms. The van der Waals surface area contributed by atoms with Gasteiger partial charge in [0.2, 0.25) is 11.9 Å². The van der Waals surface area contributed by atoms with E-state index in [0.29, 0.717) is 18.6 Å². The molecule has 9 N–H and O–H groups in total. The van der Waals surface area contributed by atoms with Crippen molar-refractivity contribution in [2.75, 3.05) is 37.8 Å². The molecule has 0 aromatic carbocycles. The van der Waals surface area contributed by atoms with Crippen LogP contribution in [-0.4, -0.2) is 80.3 Å². The Labute approximate surface area is 153 Å². The number of anilines is 2. The molecule has 0 saturated carbocycles. The second-order valence-corrected chi connectivity index (χ2v) is 5.94. The number of carbonyl (C=O) groups is 1. The summed E-state index contributed by atoms with van der Waals surface area (Å²) in [5, 5.41) is 22.4. The third kappa shape index (κ3) is 3.77. The second kappa shape index (κ2) is 7.98. The van der Waals surface area contributed by atoms with E-state index in [1.807, 2.05) is 0 Å². The first-order valence-electron chi connectivity index (χ1n) is 8.24. The Kier molecular flexibility index (Phi) is 5.67. The van der Waals surface area contributed by atoms with Gasteiger partial charge >= 0.3 is 0 Å². The molecule has 0 radical (unpaired) electrons. The van der Waals surface area contributed by atoms with Crippen molar-refractivity contribution in [2.45, 2.75) is 24.5 Å². The maximum atomic E-state index is 11.8. The van der Waals surface area contributed by atoms with E-state index >= 15 is 0 Å². The minimum absolute atomic E-state index is 0.0577. The zero-order valence-electron chi connectivity index (χ0n) is 14.4. The van der Waals surface area contributed by atoms with Crippen molar-refractivity contribution in [1.29, 1.82) is 0 Å². The van der Waals surface area contributed by atoms with Crippen molar-refractivity contribution in [2.24, 2.45) is 5.73 Å². The van der Waals surface area contributed by atoms with Crippen LogP contribution in [0.4, 0.5) is 11.8 Å². The smallest absolute Gasteiger partial charge is 0.246 e. The van der Waals surface area contributed by atoms with Crippen LogP contribution in [0.3, 0.4) is 0 Å². The van der Waals surface area contributed by atoms with E-state index in [4.69, 9.17) is 26.7 Å². The van der Waals surface area contributed by atoms with Gasteiger partial charge in [-0.1, -0.05) is 0 Å². The van der Waals surface area contributed by atoms with E-state index in [1.165, 1.54) is 10.9 Å². The summed E-state index contributed by atoms with van der Waals surface area (Å²) in [4.78, 5) is 23.8. The quantitative estimate of drug-likeness (QED) is 0.279. The van der Waals surface area contributed by atoms with Crippen LogP contribution in [0.5, 0.6) is 0 Å². The second-order valence-electron chi connectivity index (χ2n) is 5.94. The fourth-order valence-corrected chi connectivity index (χ4v) is 2.85. The number of hydrogen-bond donors (Lipinski definition) is 6. The van der Waals surface area contributed by atoms with E-state index in [0.717, 1.165) is 0 Å². The third-order valence-corrected chi connectivity index (χ3v) is 4.11. The van der Waals surface area contributed by atoms with Gasteiger partial charge in [-0.2, -0.15) is 9.97 Å². The fraction of sp³-hybridized carbons (Fsp3) is 0.571. The van der Waals surface area contributed by atoms with Crippen LogP contribution in [0.1, 0.15) is 6.23 Å². The molecule has 0 spiro atoms. The summed E-state index contributed by atoms with van der Waals surface area (Å²) in [5.41, 5.74) is 17.3. The van der Waals surface area contributed by atoms with Crippen LogP contribution in [0, 0.1) is 0 Å². The average molecular weight is 382 g/mol. The number of aliphatic hydroxyl groups is 2. The molecule has 1 saturated heterocycles. The lowest BCUT2D eigenvalue weighted by Gasteiger charge is -2.22. The van der Waals surface area contributed by atoms with Gasteiger partial charge in [0.1, 0.15) is 30.4 Å². The summed E-state index contributed by atoms with van der Waals surface area (Å²) in [5.74, 6) is -0.366. The number of ether oxygens (including phenoxy) is 2. The molecule has 13 nitrogen and oxygen atoms in total. The van der Waals surface area contributed by atoms with Gasteiger partial charge in [-0.15, -0.1) is 0 Å². The molecule has 1 aliphatic heterocycles. The van der Waals surface area contributed by atoms with Crippen LogP contribution in [0.25, 0.3) is 11.2 Å². The van der Waals surface area contributed by atoms with E-state index in [2.05, 4.69) is 20.3 Å². The first kappa shape index (κ1) is 19.2. The Morgan fingerprint density at radius 2 is 2.19 bits per heavy atom. The Hall–Kier alpha value is -2.58. The average Bonchev–Trinajstić information content (AvgIpc) is 3.19. The number of nitrogen functional groups attached to an aromatic ring is 2. The number of rotatable bonds is 7. The van der Waals surface area contributed by atoms with Crippen LogP contribution < -0.4 is 22.5 Å². The molecule has 13 heteroatoms. The normalized spacial score (nSPS) is 25.1. The first-order valence-corrected chi connectivity index (χ1v) is 8.24. The molecular weight excluding hydrogens is 360 g/mol. The van der Waals surface area contributed by atoms with Crippen molar-refractivity contribution in [3.05, 3.63) is 6.33 Å². The van der Waals surface area contributed by atoms with Gasteiger partial charge in [0.25, 0.3) is 0 Å². The summed E-state index contributed by atoms with van der Waals surface area (Å²) in [6, 6.07) is 0. The van der Waals surface area contributed by atoms with Crippen LogP contribution in [-0.2, 0) is 14.3 Å². The molecule has 3 rings (SSSR count). The number of amides is 1. The SMILES string of the molecule is NCCNC(=O)COC1[C@@H](O)[C@@H](CO)O[C@H]1n1cnc2c(N)nc(N)nc21. The fourth-order valence-electron chi connectivity index (χ4n) is 2.85. The minimum Gasteiger partial charge on any atom is -0.394 e. The number of imidazole rings is 1. The zero-order valence-corrected chi connectivity index (χ0v) is 14.4. The number of aliphatic hydroxyl groups excluding tert-OH is 2. The number of hydrogen-bond acceptors (Lipinski definition) is 11. The number of fused-ring (bicyclic) bond motifs is 1. The lowest BCUT2D eigenvalue weighted by molar-refractivity contribution is -0.132. The van der Waals surface area contributed by atoms with Crippen molar-refractivity contribution in [1.82, 2.24) is 24.8 Å². The highest BCUT2D eigenvalue weighted by molar-refractivity contribution is 5.82. The van der Waals surface area contributed by atoms with Gasteiger partial charge in [0.05, 0.1) is 12.9 Å². The zero-order chi connectivity index (χ0) is 19.6. The van der Waals surface area contributed by atoms with Crippen molar-refractivity contribution in [3.8, 4) is 0 Å².